The van der Waals surface area contributed by atoms with Crippen molar-refractivity contribution in [3.8, 4) is 0 Å². The molecule has 3 aromatic carbocycles. The van der Waals surface area contributed by atoms with Gasteiger partial charge in [-0.05, 0) is 109 Å². The SMILES string of the molecule is O=C(Nc1ccc(S(=O)(=O)N2CCCCCC2)cc1)c1ccc2c(c1)[C@@H]1[C@H]3CC[C@@H](C3)[C@@H]1[C@H](c1ccccc1)N2. The molecular formula is C33H37N3O3S. The third kappa shape index (κ3) is 4.53. The maximum absolute atomic E-state index is 13.3. The lowest BCUT2D eigenvalue weighted by Gasteiger charge is -2.43. The van der Waals surface area contributed by atoms with E-state index in [1.807, 2.05) is 6.07 Å². The molecule has 2 N–H and O–H groups in total. The van der Waals surface area contributed by atoms with Crippen LogP contribution in [0.4, 0.5) is 11.4 Å². The van der Waals surface area contributed by atoms with Crippen molar-refractivity contribution in [3.63, 3.8) is 0 Å². The normalized spacial score (nSPS) is 27.8. The fourth-order valence-electron chi connectivity index (χ4n) is 7.96. The minimum absolute atomic E-state index is 0.171. The summed E-state index contributed by atoms with van der Waals surface area (Å²) in [5, 5.41) is 6.84. The third-order valence-corrected chi connectivity index (χ3v) is 11.7. The number of amides is 1. The van der Waals surface area contributed by atoms with Crippen molar-refractivity contribution < 1.29 is 13.2 Å². The molecule has 2 bridgehead atoms. The Balaban J connectivity index is 1.11. The second-order valence-electron chi connectivity index (χ2n) is 12.1. The Hall–Kier alpha value is -3.16. The van der Waals surface area contributed by atoms with Crippen LogP contribution in [0.1, 0.15) is 78.4 Å². The first-order valence-corrected chi connectivity index (χ1v) is 16.3. The van der Waals surface area contributed by atoms with Gasteiger partial charge < -0.3 is 10.6 Å². The van der Waals surface area contributed by atoms with Crippen LogP contribution in [0.25, 0.3) is 0 Å². The van der Waals surface area contributed by atoms with Crippen molar-refractivity contribution in [3.05, 3.63) is 89.5 Å². The molecule has 0 unspecified atom stereocenters. The predicted octanol–water partition coefficient (Wildman–Crippen LogP) is 6.80. The Bertz CT molecular complexity index is 1500. The molecular weight excluding hydrogens is 518 g/mol. The van der Waals surface area contributed by atoms with Gasteiger partial charge >= 0.3 is 0 Å². The molecule has 6 nitrogen and oxygen atoms in total. The van der Waals surface area contributed by atoms with Crippen LogP contribution in [0.3, 0.4) is 0 Å². The molecule has 5 atom stereocenters. The van der Waals surface area contributed by atoms with Gasteiger partial charge in [-0.2, -0.15) is 4.31 Å². The van der Waals surface area contributed by atoms with E-state index in [4.69, 9.17) is 0 Å². The van der Waals surface area contributed by atoms with E-state index in [9.17, 15) is 13.2 Å². The number of carbonyl (C=O) groups excluding carboxylic acids is 1. The summed E-state index contributed by atoms with van der Waals surface area (Å²) in [5.74, 6) is 2.25. The van der Waals surface area contributed by atoms with Crippen LogP contribution in [-0.4, -0.2) is 31.7 Å². The highest BCUT2D eigenvalue weighted by molar-refractivity contribution is 7.89. The zero-order valence-electron chi connectivity index (χ0n) is 22.8. The minimum atomic E-state index is -3.52. The molecule has 2 saturated carbocycles. The summed E-state index contributed by atoms with van der Waals surface area (Å²) in [4.78, 5) is 13.6. The summed E-state index contributed by atoms with van der Waals surface area (Å²) >= 11 is 0. The van der Waals surface area contributed by atoms with Crippen LogP contribution in [0.5, 0.6) is 0 Å². The molecule has 7 rings (SSSR count). The molecule has 1 amide bonds. The Labute approximate surface area is 237 Å². The van der Waals surface area contributed by atoms with Crippen molar-refractivity contribution in [1.29, 1.82) is 0 Å². The fourth-order valence-corrected chi connectivity index (χ4v) is 9.48. The van der Waals surface area contributed by atoms with Crippen molar-refractivity contribution in [2.75, 3.05) is 23.7 Å². The lowest BCUT2D eigenvalue weighted by molar-refractivity contribution is 0.102. The first-order chi connectivity index (χ1) is 19.5. The summed E-state index contributed by atoms with van der Waals surface area (Å²) in [6.07, 6.45) is 7.81. The van der Waals surface area contributed by atoms with Crippen LogP contribution in [0.15, 0.2) is 77.7 Å². The second-order valence-corrected chi connectivity index (χ2v) is 14.0. The molecule has 208 valence electrons. The molecule has 3 fully saturated rings. The summed E-state index contributed by atoms with van der Waals surface area (Å²) in [7, 11) is -3.52. The second kappa shape index (κ2) is 10.3. The lowest BCUT2D eigenvalue weighted by atomic mass is 9.68. The molecule has 3 aromatic rings. The third-order valence-electron chi connectivity index (χ3n) is 9.82. The molecule has 7 heteroatoms. The maximum atomic E-state index is 13.3. The Morgan fingerprint density at radius 3 is 2.33 bits per heavy atom. The quantitative estimate of drug-likeness (QED) is 0.363. The fraction of sp³-hybridized carbons (Fsp3) is 0.424. The first kappa shape index (κ1) is 25.8. The van der Waals surface area contributed by atoms with Crippen LogP contribution >= 0.6 is 0 Å². The van der Waals surface area contributed by atoms with Crippen molar-refractivity contribution in [2.45, 2.75) is 61.8 Å². The van der Waals surface area contributed by atoms with E-state index in [2.05, 4.69) is 53.1 Å². The first-order valence-electron chi connectivity index (χ1n) is 14.9. The van der Waals surface area contributed by atoms with E-state index in [1.165, 1.54) is 30.4 Å². The van der Waals surface area contributed by atoms with E-state index in [0.717, 1.165) is 37.3 Å². The number of hydrogen-bond donors (Lipinski definition) is 2. The number of carbonyl (C=O) groups is 1. The number of rotatable bonds is 5. The molecule has 2 aliphatic heterocycles. The average Bonchev–Trinajstić information content (AvgIpc) is 3.50. The standard InChI is InChI=1S/C33H37N3O3S/c37-33(34-26-13-15-27(16-14-26)40(38,39)36-18-6-1-2-7-19-36)25-12-17-29-28(21-25)30-23-10-11-24(20-23)31(30)32(35-29)22-8-4-3-5-9-22/h3-5,8-9,12-17,21,23-24,30-32,35H,1-2,6-7,10-11,18-20H2,(H,34,37)/t23-,24-,30-,31-,32-/m0/s1. The number of benzene rings is 3. The zero-order chi connectivity index (χ0) is 27.3. The summed E-state index contributed by atoms with van der Waals surface area (Å²) in [6, 6.07) is 23.8. The van der Waals surface area contributed by atoms with Gasteiger partial charge in [-0.3, -0.25) is 4.79 Å². The van der Waals surface area contributed by atoms with E-state index >= 15 is 0 Å². The lowest BCUT2D eigenvalue weighted by Crippen LogP contribution is -2.35. The van der Waals surface area contributed by atoms with E-state index in [0.29, 0.717) is 48.1 Å². The molecule has 0 spiro atoms. The van der Waals surface area contributed by atoms with Gasteiger partial charge in [0.15, 0.2) is 0 Å². The van der Waals surface area contributed by atoms with Gasteiger partial charge in [0.05, 0.1) is 10.9 Å². The molecule has 4 aliphatic rings. The van der Waals surface area contributed by atoms with Crippen molar-refractivity contribution in [2.24, 2.45) is 17.8 Å². The molecule has 40 heavy (non-hydrogen) atoms. The number of hydrogen-bond acceptors (Lipinski definition) is 4. The Morgan fingerprint density at radius 2 is 1.57 bits per heavy atom. The number of fused-ring (bicyclic) bond motifs is 7. The number of nitrogens with zero attached hydrogens (tertiary/aromatic N) is 1. The van der Waals surface area contributed by atoms with E-state index < -0.39 is 10.0 Å². The van der Waals surface area contributed by atoms with Gasteiger partial charge in [0.1, 0.15) is 0 Å². The smallest absolute Gasteiger partial charge is 0.255 e. The minimum Gasteiger partial charge on any atom is -0.378 e. The topological polar surface area (TPSA) is 78.5 Å². The molecule has 2 aliphatic carbocycles. The highest BCUT2D eigenvalue weighted by atomic mass is 32.2. The summed E-state index contributed by atoms with van der Waals surface area (Å²) in [5.41, 5.74) is 5.00. The number of anilines is 2. The summed E-state index contributed by atoms with van der Waals surface area (Å²) in [6.45, 7) is 1.15. The largest absolute Gasteiger partial charge is 0.378 e. The maximum Gasteiger partial charge on any atom is 0.255 e. The molecule has 1 saturated heterocycles. The molecule has 2 heterocycles. The van der Waals surface area contributed by atoms with Crippen molar-refractivity contribution >= 4 is 27.3 Å². The van der Waals surface area contributed by atoms with Crippen LogP contribution in [-0.2, 0) is 10.0 Å². The predicted molar refractivity (Wildman–Crippen MR) is 158 cm³/mol. The van der Waals surface area contributed by atoms with E-state index in [1.54, 1.807) is 28.6 Å². The van der Waals surface area contributed by atoms with Gasteiger partial charge in [-0.1, -0.05) is 43.2 Å². The monoisotopic (exact) mass is 555 g/mol. The number of sulfonamides is 1. The molecule has 0 aromatic heterocycles. The van der Waals surface area contributed by atoms with Gasteiger partial charge in [0.25, 0.3) is 5.91 Å². The Morgan fingerprint density at radius 1 is 0.850 bits per heavy atom. The van der Waals surface area contributed by atoms with Gasteiger partial charge in [-0.15, -0.1) is 0 Å². The molecule has 0 radical (unpaired) electrons. The van der Waals surface area contributed by atoms with Crippen LogP contribution < -0.4 is 10.6 Å². The van der Waals surface area contributed by atoms with Crippen LogP contribution in [0.2, 0.25) is 0 Å². The number of nitrogens with one attached hydrogen (secondary N) is 2. The van der Waals surface area contributed by atoms with Gasteiger partial charge in [0.2, 0.25) is 10.0 Å². The highest BCUT2D eigenvalue weighted by Crippen LogP contribution is 2.63. The summed E-state index contributed by atoms with van der Waals surface area (Å²) < 4.78 is 27.8. The highest BCUT2D eigenvalue weighted by Gasteiger charge is 2.53. The van der Waals surface area contributed by atoms with Crippen molar-refractivity contribution in [1.82, 2.24) is 4.31 Å². The average molecular weight is 556 g/mol. The van der Waals surface area contributed by atoms with E-state index in [-0.39, 0.29) is 10.8 Å². The Kier molecular flexibility index (Phi) is 6.67. The van der Waals surface area contributed by atoms with Gasteiger partial charge in [-0.25, -0.2) is 8.42 Å². The van der Waals surface area contributed by atoms with Gasteiger partial charge in [0, 0.05) is 30.0 Å². The van der Waals surface area contributed by atoms with Crippen LogP contribution in [0, 0.1) is 17.8 Å². The zero-order valence-corrected chi connectivity index (χ0v) is 23.6.